The number of rotatable bonds is 5. The molecule has 3 heterocycles. The number of carbonyl (C=O) groups excluding carboxylic acids is 1. The molecule has 1 amide bonds. The third kappa shape index (κ3) is 4.13. The predicted octanol–water partition coefficient (Wildman–Crippen LogP) is 2.80. The molecule has 2 aliphatic rings. The molecular formula is C25H25FN6O2. The average Bonchev–Trinajstić information content (AvgIpc) is 3.66. The number of hydrogen-bond donors (Lipinski definition) is 1. The van der Waals surface area contributed by atoms with Gasteiger partial charge in [0.05, 0.1) is 17.3 Å². The highest BCUT2D eigenvalue weighted by atomic mass is 19.1. The zero-order valence-corrected chi connectivity index (χ0v) is 18.9. The first-order valence-electron chi connectivity index (χ1n) is 11.4. The second-order valence-electron chi connectivity index (χ2n) is 8.87. The number of nitriles is 1. The van der Waals surface area contributed by atoms with Gasteiger partial charge in [0.25, 0.3) is 5.91 Å². The number of carbonyl (C=O) groups is 1. The molecule has 2 fully saturated rings. The third-order valence-corrected chi connectivity index (χ3v) is 6.69. The predicted molar refractivity (Wildman–Crippen MR) is 122 cm³/mol. The summed E-state index contributed by atoms with van der Waals surface area (Å²) < 4.78 is 15.6. The Morgan fingerprint density at radius 2 is 1.91 bits per heavy atom. The molecule has 1 aliphatic heterocycles. The summed E-state index contributed by atoms with van der Waals surface area (Å²) in [6.45, 7) is 4.87. The van der Waals surface area contributed by atoms with Gasteiger partial charge in [-0.05, 0) is 49.1 Å². The van der Waals surface area contributed by atoms with E-state index in [0.29, 0.717) is 34.1 Å². The van der Waals surface area contributed by atoms with Crippen LogP contribution in [-0.4, -0.2) is 67.8 Å². The number of piperazine rings is 1. The van der Waals surface area contributed by atoms with Crippen LogP contribution in [0.3, 0.4) is 0 Å². The minimum absolute atomic E-state index is 0.00945. The van der Waals surface area contributed by atoms with E-state index in [-0.39, 0.29) is 23.8 Å². The molecule has 1 N–H and O–H groups in total. The molecule has 1 aromatic carbocycles. The second-order valence-corrected chi connectivity index (χ2v) is 8.87. The number of hydrogen-bond acceptors (Lipinski definition) is 6. The molecule has 1 aliphatic carbocycles. The fourth-order valence-electron chi connectivity index (χ4n) is 4.43. The highest BCUT2D eigenvalue weighted by molar-refractivity contribution is 5.94. The van der Waals surface area contributed by atoms with Gasteiger partial charge in [0, 0.05) is 50.4 Å². The van der Waals surface area contributed by atoms with Crippen molar-refractivity contribution in [1.82, 2.24) is 24.6 Å². The normalized spacial score (nSPS) is 16.4. The van der Waals surface area contributed by atoms with Crippen LogP contribution in [0.25, 0.3) is 5.82 Å². The van der Waals surface area contributed by atoms with E-state index in [1.54, 1.807) is 25.1 Å². The van der Waals surface area contributed by atoms with Crippen LogP contribution < -0.4 is 0 Å². The van der Waals surface area contributed by atoms with Gasteiger partial charge in [0.15, 0.2) is 5.82 Å². The Kier molecular flexibility index (Phi) is 5.75. The van der Waals surface area contributed by atoms with Crippen molar-refractivity contribution in [1.29, 1.82) is 5.26 Å². The van der Waals surface area contributed by atoms with Crippen LogP contribution in [0.2, 0.25) is 0 Å². The summed E-state index contributed by atoms with van der Waals surface area (Å²) in [4.78, 5) is 21.5. The Morgan fingerprint density at radius 1 is 1.15 bits per heavy atom. The second kappa shape index (κ2) is 8.88. The zero-order valence-electron chi connectivity index (χ0n) is 18.9. The van der Waals surface area contributed by atoms with Gasteiger partial charge in [-0.15, -0.1) is 0 Å². The Morgan fingerprint density at radius 3 is 2.56 bits per heavy atom. The number of amides is 1. The summed E-state index contributed by atoms with van der Waals surface area (Å²) in [6, 6.07) is 8.99. The standard InChI is InChI=1S/C25H25FN6O2/c1-16-17(2-3-18(13-27)23(16)26)12-20-15-29-32(25(20)34)22-7-4-19(14-28-22)24(33)31-10-8-30(9-11-31)21-5-6-21/h2-4,7,14-15,21,34H,5-6,8-12H2,1H3. The van der Waals surface area contributed by atoms with Gasteiger partial charge < -0.3 is 10.0 Å². The molecule has 0 atom stereocenters. The first-order valence-corrected chi connectivity index (χ1v) is 11.4. The highest BCUT2D eigenvalue weighted by Crippen LogP contribution is 2.28. The topological polar surface area (TPSA) is 98.3 Å². The number of aromatic hydroxyl groups is 1. The maximum absolute atomic E-state index is 14.3. The molecule has 34 heavy (non-hydrogen) atoms. The molecule has 0 unspecified atom stereocenters. The van der Waals surface area contributed by atoms with Crippen LogP contribution in [0.5, 0.6) is 5.88 Å². The van der Waals surface area contributed by atoms with Gasteiger partial charge in [-0.25, -0.2) is 9.37 Å². The van der Waals surface area contributed by atoms with Crippen LogP contribution in [0.1, 0.15) is 45.5 Å². The molecule has 2 aromatic heterocycles. The summed E-state index contributed by atoms with van der Waals surface area (Å²) in [5, 5.41) is 23.9. The van der Waals surface area contributed by atoms with E-state index in [1.165, 1.54) is 36.0 Å². The van der Waals surface area contributed by atoms with E-state index in [2.05, 4.69) is 15.0 Å². The van der Waals surface area contributed by atoms with E-state index in [9.17, 15) is 14.3 Å². The van der Waals surface area contributed by atoms with E-state index in [1.807, 2.05) is 11.0 Å². The summed E-state index contributed by atoms with van der Waals surface area (Å²) in [5.41, 5.74) is 2.01. The fraction of sp³-hybridized carbons (Fsp3) is 0.360. The number of aromatic nitrogens is 3. The van der Waals surface area contributed by atoms with Crippen molar-refractivity contribution in [2.45, 2.75) is 32.2 Å². The summed E-state index contributed by atoms with van der Waals surface area (Å²) >= 11 is 0. The van der Waals surface area contributed by atoms with Crippen molar-refractivity contribution in [2.24, 2.45) is 0 Å². The summed E-state index contributed by atoms with van der Waals surface area (Å²) in [7, 11) is 0. The minimum atomic E-state index is -0.553. The van der Waals surface area contributed by atoms with Crippen LogP contribution >= 0.6 is 0 Å². The highest BCUT2D eigenvalue weighted by Gasteiger charge is 2.32. The molecule has 174 valence electrons. The van der Waals surface area contributed by atoms with Crippen molar-refractivity contribution < 1.29 is 14.3 Å². The maximum Gasteiger partial charge on any atom is 0.255 e. The molecule has 5 rings (SSSR count). The minimum Gasteiger partial charge on any atom is -0.493 e. The molecule has 8 nitrogen and oxygen atoms in total. The van der Waals surface area contributed by atoms with E-state index >= 15 is 0 Å². The van der Waals surface area contributed by atoms with E-state index in [0.717, 1.165) is 26.2 Å². The van der Waals surface area contributed by atoms with Crippen molar-refractivity contribution in [3.8, 4) is 17.8 Å². The quantitative estimate of drug-likeness (QED) is 0.629. The third-order valence-electron chi connectivity index (χ3n) is 6.69. The molecule has 3 aromatic rings. The fourth-order valence-corrected chi connectivity index (χ4v) is 4.43. The van der Waals surface area contributed by atoms with Crippen LogP contribution in [0.4, 0.5) is 4.39 Å². The molecule has 9 heteroatoms. The Labute approximate surface area is 196 Å². The Hall–Kier alpha value is -3.77. The molecular weight excluding hydrogens is 435 g/mol. The Bertz CT molecular complexity index is 1270. The lowest BCUT2D eigenvalue weighted by Crippen LogP contribution is -2.49. The lowest BCUT2D eigenvalue weighted by Gasteiger charge is -2.34. The molecule has 0 bridgehead atoms. The van der Waals surface area contributed by atoms with Crippen molar-refractivity contribution in [3.05, 3.63) is 70.3 Å². The molecule has 1 saturated heterocycles. The smallest absolute Gasteiger partial charge is 0.255 e. The number of halogens is 1. The van der Waals surface area contributed by atoms with Crippen LogP contribution in [0.15, 0.2) is 36.7 Å². The SMILES string of the molecule is Cc1c(Cc2cnn(-c3ccc(C(=O)N4CCN(C5CC5)CC4)cn3)c2O)ccc(C#N)c1F. The first-order chi connectivity index (χ1) is 16.5. The lowest BCUT2D eigenvalue weighted by molar-refractivity contribution is 0.0627. The lowest BCUT2D eigenvalue weighted by atomic mass is 9.99. The van der Waals surface area contributed by atoms with Gasteiger partial charge in [-0.1, -0.05) is 6.07 Å². The number of benzene rings is 1. The van der Waals surface area contributed by atoms with Crippen LogP contribution in [-0.2, 0) is 6.42 Å². The van der Waals surface area contributed by atoms with Crippen molar-refractivity contribution in [3.63, 3.8) is 0 Å². The zero-order chi connectivity index (χ0) is 23.8. The van der Waals surface area contributed by atoms with Crippen LogP contribution in [0, 0.1) is 24.1 Å². The average molecular weight is 461 g/mol. The largest absolute Gasteiger partial charge is 0.493 e. The monoisotopic (exact) mass is 460 g/mol. The van der Waals surface area contributed by atoms with Gasteiger partial charge in [-0.2, -0.15) is 15.0 Å². The Balaban J connectivity index is 1.28. The van der Waals surface area contributed by atoms with Gasteiger partial charge in [0.2, 0.25) is 5.88 Å². The molecule has 1 saturated carbocycles. The first kappa shape index (κ1) is 22.0. The summed E-state index contributed by atoms with van der Waals surface area (Å²) in [5.74, 6) is -0.325. The van der Waals surface area contributed by atoms with Crippen molar-refractivity contribution in [2.75, 3.05) is 26.2 Å². The number of pyridine rings is 1. The van der Waals surface area contributed by atoms with E-state index < -0.39 is 5.82 Å². The van der Waals surface area contributed by atoms with Gasteiger partial charge >= 0.3 is 0 Å². The van der Waals surface area contributed by atoms with Crippen molar-refractivity contribution >= 4 is 5.91 Å². The summed E-state index contributed by atoms with van der Waals surface area (Å²) in [6.07, 6.45) is 5.80. The molecule has 0 spiro atoms. The van der Waals surface area contributed by atoms with Gasteiger partial charge in [0.1, 0.15) is 11.9 Å². The van der Waals surface area contributed by atoms with Gasteiger partial charge in [-0.3, -0.25) is 9.69 Å². The number of nitrogens with zero attached hydrogens (tertiary/aromatic N) is 6. The molecule has 0 radical (unpaired) electrons. The van der Waals surface area contributed by atoms with E-state index in [4.69, 9.17) is 5.26 Å². The maximum atomic E-state index is 14.3.